The van der Waals surface area contributed by atoms with E-state index in [9.17, 15) is 16.8 Å². The Morgan fingerprint density at radius 3 is 1.11 bits per heavy atom. The van der Waals surface area contributed by atoms with Crippen LogP contribution in [-0.2, 0) is 19.7 Å². The van der Waals surface area contributed by atoms with E-state index in [0.29, 0.717) is 0 Å². The van der Waals surface area contributed by atoms with Gasteiger partial charge >= 0.3 is 0 Å². The van der Waals surface area contributed by atoms with Crippen LogP contribution in [0.1, 0.15) is 26.8 Å². The molecule has 28 heavy (non-hydrogen) atoms. The zero-order valence-corrected chi connectivity index (χ0v) is 17.6. The SMILES string of the molecule is Cc1ccc(C(S(=O)(=O)c2ccc(C)cc2)S(=O)(=O)c2ccc(C)cc2)cc1. The highest BCUT2D eigenvalue weighted by Gasteiger charge is 2.41. The normalized spacial score (nSPS) is 12.3. The highest BCUT2D eigenvalue weighted by atomic mass is 32.3. The first-order valence-electron chi connectivity index (χ1n) is 8.80. The molecule has 0 aliphatic heterocycles. The van der Waals surface area contributed by atoms with Crippen LogP contribution < -0.4 is 0 Å². The Hall–Kier alpha value is -2.44. The zero-order chi connectivity index (χ0) is 20.5. The van der Waals surface area contributed by atoms with Gasteiger partial charge in [0.25, 0.3) is 0 Å². The van der Waals surface area contributed by atoms with Crippen molar-refractivity contribution < 1.29 is 16.8 Å². The van der Waals surface area contributed by atoms with Crippen LogP contribution >= 0.6 is 0 Å². The van der Waals surface area contributed by atoms with Crippen molar-refractivity contribution in [2.75, 3.05) is 0 Å². The topological polar surface area (TPSA) is 68.3 Å². The van der Waals surface area contributed by atoms with Crippen molar-refractivity contribution >= 4 is 19.7 Å². The molecule has 0 aliphatic rings. The molecule has 3 aromatic carbocycles. The quantitative estimate of drug-likeness (QED) is 0.614. The van der Waals surface area contributed by atoms with E-state index in [-0.39, 0.29) is 15.4 Å². The lowest BCUT2D eigenvalue weighted by molar-refractivity contribution is 0.576. The van der Waals surface area contributed by atoms with Gasteiger partial charge in [0, 0.05) is 0 Å². The lowest BCUT2D eigenvalue weighted by atomic mass is 10.2. The van der Waals surface area contributed by atoms with Crippen LogP contribution in [0, 0.1) is 20.8 Å². The van der Waals surface area contributed by atoms with Crippen molar-refractivity contribution in [3.05, 3.63) is 95.1 Å². The molecule has 146 valence electrons. The number of hydrogen-bond donors (Lipinski definition) is 0. The number of aryl methyl sites for hydroxylation is 3. The van der Waals surface area contributed by atoms with E-state index in [2.05, 4.69) is 0 Å². The Bertz CT molecular complexity index is 1100. The smallest absolute Gasteiger partial charge is 0.200 e. The molecule has 0 saturated carbocycles. The minimum atomic E-state index is -4.19. The molecule has 0 spiro atoms. The molecule has 0 atom stereocenters. The molecular formula is C22H22O4S2. The second kappa shape index (κ2) is 7.53. The Morgan fingerprint density at radius 1 is 0.500 bits per heavy atom. The molecule has 0 aromatic heterocycles. The summed E-state index contributed by atoms with van der Waals surface area (Å²) in [6, 6.07) is 19.1. The Labute approximate surface area is 166 Å². The van der Waals surface area contributed by atoms with Gasteiger partial charge in [0.1, 0.15) is 0 Å². The van der Waals surface area contributed by atoms with Gasteiger partial charge in [-0.15, -0.1) is 0 Å². The average molecular weight is 415 g/mol. The van der Waals surface area contributed by atoms with Crippen molar-refractivity contribution in [2.24, 2.45) is 0 Å². The predicted octanol–water partition coefficient (Wildman–Crippen LogP) is 4.56. The molecule has 0 N–H and O–H groups in total. The van der Waals surface area contributed by atoms with Crippen molar-refractivity contribution in [1.82, 2.24) is 0 Å². The van der Waals surface area contributed by atoms with Crippen LogP contribution in [0.2, 0.25) is 0 Å². The van der Waals surface area contributed by atoms with Gasteiger partial charge in [-0.05, 0) is 50.6 Å². The summed E-state index contributed by atoms with van der Waals surface area (Å²) in [7, 11) is -8.38. The van der Waals surface area contributed by atoms with Crippen LogP contribution in [0.25, 0.3) is 0 Å². The maximum atomic E-state index is 13.4. The second-order valence-corrected chi connectivity index (χ2v) is 11.3. The summed E-state index contributed by atoms with van der Waals surface area (Å²) in [6.07, 6.45) is 0. The van der Waals surface area contributed by atoms with Gasteiger partial charge < -0.3 is 0 Å². The third kappa shape index (κ3) is 3.88. The predicted molar refractivity (Wildman–Crippen MR) is 111 cm³/mol. The summed E-state index contributed by atoms with van der Waals surface area (Å²) in [5.41, 5.74) is 2.94. The fourth-order valence-electron chi connectivity index (χ4n) is 2.95. The lowest BCUT2D eigenvalue weighted by Crippen LogP contribution is -2.23. The van der Waals surface area contributed by atoms with Crippen molar-refractivity contribution in [1.29, 1.82) is 0 Å². The number of hydrogen-bond acceptors (Lipinski definition) is 4. The average Bonchev–Trinajstić information content (AvgIpc) is 2.64. The maximum absolute atomic E-state index is 13.4. The number of sulfone groups is 2. The molecule has 0 amide bonds. The third-order valence-electron chi connectivity index (χ3n) is 4.61. The minimum Gasteiger partial charge on any atom is -0.222 e. The van der Waals surface area contributed by atoms with Crippen molar-refractivity contribution in [3.63, 3.8) is 0 Å². The van der Waals surface area contributed by atoms with E-state index >= 15 is 0 Å². The molecule has 3 aromatic rings. The van der Waals surface area contributed by atoms with E-state index in [1.807, 2.05) is 20.8 Å². The molecule has 0 bridgehead atoms. The van der Waals surface area contributed by atoms with Crippen molar-refractivity contribution in [2.45, 2.75) is 35.1 Å². The highest BCUT2D eigenvalue weighted by Crippen LogP contribution is 2.38. The van der Waals surface area contributed by atoms with Gasteiger partial charge in [0.05, 0.1) is 9.79 Å². The highest BCUT2D eigenvalue weighted by molar-refractivity contribution is 8.08. The zero-order valence-electron chi connectivity index (χ0n) is 16.0. The van der Waals surface area contributed by atoms with Crippen LogP contribution in [0.4, 0.5) is 0 Å². The van der Waals surface area contributed by atoms with Gasteiger partial charge in [-0.3, -0.25) is 0 Å². The molecule has 3 rings (SSSR count). The molecule has 0 radical (unpaired) electrons. The van der Waals surface area contributed by atoms with E-state index in [1.165, 1.54) is 24.3 Å². The van der Waals surface area contributed by atoms with Crippen LogP contribution in [0.3, 0.4) is 0 Å². The molecule has 6 heteroatoms. The standard InChI is InChI=1S/C22H22O4S2/c1-16-4-10-19(11-5-16)22(27(23,24)20-12-6-17(2)7-13-20)28(25,26)21-14-8-18(3)9-15-21/h4-15,22H,1-3H3. The van der Waals surface area contributed by atoms with E-state index in [4.69, 9.17) is 0 Å². The first-order chi connectivity index (χ1) is 13.1. The molecule has 0 aliphatic carbocycles. The van der Waals surface area contributed by atoms with Crippen LogP contribution in [0.15, 0.2) is 82.6 Å². The molecule has 0 saturated heterocycles. The van der Waals surface area contributed by atoms with E-state index < -0.39 is 24.3 Å². The number of rotatable bonds is 5. The fourth-order valence-corrected chi connectivity index (χ4v) is 7.51. The molecule has 0 heterocycles. The monoisotopic (exact) mass is 414 g/mol. The minimum absolute atomic E-state index is 0.0145. The summed E-state index contributed by atoms with van der Waals surface area (Å²) in [4.78, 5) is -0.0290. The summed E-state index contributed by atoms with van der Waals surface area (Å²) in [6.45, 7) is 5.55. The van der Waals surface area contributed by atoms with Crippen LogP contribution in [-0.4, -0.2) is 16.8 Å². The first kappa shape index (κ1) is 20.3. The third-order valence-corrected chi connectivity index (χ3v) is 9.66. The summed E-state index contributed by atoms with van der Waals surface area (Å²) in [5, 5.41) is 0. The maximum Gasteiger partial charge on any atom is 0.200 e. The van der Waals surface area contributed by atoms with Gasteiger partial charge in [0.2, 0.25) is 0 Å². The summed E-state index contributed by atoms with van der Waals surface area (Å²) < 4.78 is 52.0. The fraction of sp³-hybridized carbons (Fsp3) is 0.182. The molecular weight excluding hydrogens is 392 g/mol. The van der Waals surface area contributed by atoms with Gasteiger partial charge in [0.15, 0.2) is 24.3 Å². The second-order valence-electron chi connectivity index (χ2n) is 6.96. The summed E-state index contributed by atoms with van der Waals surface area (Å²) in [5.74, 6) is 0. The summed E-state index contributed by atoms with van der Waals surface area (Å²) >= 11 is 0. The van der Waals surface area contributed by atoms with Gasteiger partial charge in [-0.2, -0.15) is 0 Å². The largest absolute Gasteiger partial charge is 0.222 e. The van der Waals surface area contributed by atoms with Gasteiger partial charge in [-0.1, -0.05) is 65.2 Å². The Balaban J connectivity index is 2.24. The molecule has 0 fully saturated rings. The van der Waals surface area contributed by atoms with E-state index in [1.54, 1.807) is 48.5 Å². The van der Waals surface area contributed by atoms with E-state index in [0.717, 1.165) is 16.7 Å². The van der Waals surface area contributed by atoms with Crippen molar-refractivity contribution in [3.8, 4) is 0 Å². The van der Waals surface area contributed by atoms with Gasteiger partial charge in [-0.25, -0.2) is 16.8 Å². The first-order valence-corrected chi connectivity index (χ1v) is 11.9. The number of benzene rings is 3. The Morgan fingerprint density at radius 2 is 0.786 bits per heavy atom. The molecule has 4 nitrogen and oxygen atoms in total. The van der Waals surface area contributed by atoms with Crippen LogP contribution in [0.5, 0.6) is 0 Å². The molecule has 0 unspecified atom stereocenters. The Kier molecular flexibility index (Phi) is 5.46. The lowest BCUT2D eigenvalue weighted by Gasteiger charge is -2.19.